The molecule has 2 fully saturated rings. The molecule has 4 aromatic rings. The Kier molecular flexibility index (Phi) is 7.33. The van der Waals surface area contributed by atoms with Gasteiger partial charge in [-0.15, -0.1) is 0 Å². The van der Waals surface area contributed by atoms with Crippen LogP contribution in [0.2, 0.25) is 5.02 Å². The number of benzene rings is 3. The smallest absolute Gasteiger partial charge is 0.311 e. The van der Waals surface area contributed by atoms with E-state index >= 15 is 0 Å². The lowest BCUT2D eigenvalue weighted by Crippen LogP contribution is -2.49. The Morgan fingerprint density at radius 3 is 2.59 bits per heavy atom. The van der Waals surface area contributed by atoms with E-state index in [1.807, 2.05) is 48.5 Å². The number of non-ortho nitro benzene ring substituents is 1. The van der Waals surface area contributed by atoms with Crippen molar-refractivity contribution in [1.82, 2.24) is 15.2 Å². The van der Waals surface area contributed by atoms with Crippen molar-refractivity contribution in [2.24, 2.45) is 11.8 Å². The Balaban J connectivity index is 1.11. The predicted molar refractivity (Wildman–Crippen MR) is 153 cm³/mol. The second kappa shape index (κ2) is 11.1. The maximum atomic E-state index is 13.5. The Bertz CT molecular complexity index is 1580. The Morgan fingerprint density at radius 1 is 1.12 bits per heavy atom. The average Bonchev–Trinajstić information content (AvgIpc) is 3.54. The van der Waals surface area contributed by atoms with Crippen molar-refractivity contribution >= 4 is 45.7 Å². The van der Waals surface area contributed by atoms with Crippen LogP contribution in [-0.4, -0.2) is 51.8 Å². The number of esters is 1. The summed E-state index contributed by atoms with van der Waals surface area (Å²) in [4.78, 5) is 26.5. The molecule has 0 aliphatic carbocycles. The molecule has 2 N–H and O–H groups in total. The van der Waals surface area contributed by atoms with E-state index in [-0.39, 0.29) is 47.2 Å². The minimum atomic E-state index is -0.548. The van der Waals surface area contributed by atoms with E-state index in [1.165, 1.54) is 17.1 Å². The van der Waals surface area contributed by atoms with Crippen molar-refractivity contribution in [2.45, 2.75) is 43.7 Å². The highest BCUT2D eigenvalue weighted by Gasteiger charge is 2.49. The van der Waals surface area contributed by atoms with Crippen LogP contribution in [0.4, 0.5) is 17.1 Å². The molecule has 6 rings (SSSR count). The van der Waals surface area contributed by atoms with Gasteiger partial charge in [0.1, 0.15) is 0 Å². The number of nitrogens with two attached hydrogens (primary N) is 1. The maximum absolute atomic E-state index is 13.5. The number of rotatable bonds is 8. The number of halogens is 1. The molecule has 2 unspecified atom stereocenters. The molecule has 3 aromatic carbocycles. The van der Waals surface area contributed by atoms with Gasteiger partial charge in [0.05, 0.1) is 28.8 Å². The highest BCUT2D eigenvalue weighted by Crippen LogP contribution is 2.46. The number of anilines is 2. The van der Waals surface area contributed by atoms with Crippen LogP contribution in [0.25, 0.3) is 11.0 Å². The number of hydrogen-bond donors (Lipinski definition) is 1. The van der Waals surface area contributed by atoms with Crippen LogP contribution in [0.15, 0.2) is 65.3 Å². The number of carbonyl (C=O) groups is 1. The summed E-state index contributed by atoms with van der Waals surface area (Å²) in [5, 5.41) is 20.8. The van der Waals surface area contributed by atoms with Gasteiger partial charge in [-0.3, -0.25) is 24.8 Å². The first kappa shape index (κ1) is 27.1. The average molecular weight is 577 g/mol. The van der Waals surface area contributed by atoms with Gasteiger partial charge in [0.25, 0.3) is 0 Å². The van der Waals surface area contributed by atoms with Crippen molar-refractivity contribution in [3.05, 3.63) is 86.9 Å². The number of piperidine rings is 1. The van der Waals surface area contributed by atoms with Gasteiger partial charge >= 0.3 is 11.7 Å². The molecule has 2 aliphatic rings. The molecular formula is C29H29ClN6O5. The van der Waals surface area contributed by atoms with Crippen LogP contribution in [0.1, 0.15) is 36.3 Å². The van der Waals surface area contributed by atoms with Crippen molar-refractivity contribution in [3.63, 3.8) is 0 Å². The van der Waals surface area contributed by atoms with E-state index in [1.54, 1.807) is 0 Å². The summed E-state index contributed by atoms with van der Waals surface area (Å²) in [5.41, 5.74) is 3.16. The molecule has 2 aliphatic heterocycles. The van der Waals surface area contributed by atoms with Gasteiger partial charge in [-0.05, 0) is 78.1 Å². The van der Waals surface area contributed by atoms with Crippen LogP contribution in [0, 0.1) is 16.0 Å². The lowest BCUT2D eigenvalue weighted by atomic mass is 9.76. The summed E-state index contributed by atoms with van der Waals surface area (Å²) < 4.78 is 10.6. The number of ether oxygens (including phenoxy) is 1. The molecule has 2 saturated heterocycles. The van der Waals surface area contributed by atoms with Gasteiger partial charge in [0, 0.05) is 35.5 Å². The highest BCUT2D eigenvalue weighted by atomic mass is 35.5. The fourth-order valence-corrected chi connectivity index (χ4v) is 6.48. The van der Waals surface area contributed by atoms with Gasteiger partial charge in [-0.1, -0.05) is 35.9 Å². The lowest BCUT2D eigenvalue weighted by Gasteiger charge is -2.42. The van der Waals surface area contributed by atoms with E-state index < -0.39 is 4.92 Å². The molecule has 0 amide bonds. The zero-order valence-corrected chi connectivity index (χ0v) is 23.1. The number of hydrazine groups is 1. The number of nitro benzene ring substituents is 1. The first-order valence-electron chi connectivity index (χ1n) is 13.5. The molecule has 0 radical (unpaired) electrons. The van der Waals surface area contributed by atoms with Gasteiger partial charge < -0.3 is 4.74 Å². The minimum Gasteiger partial charge on any atom is -0.465 e. The zero-order valence-electron chi connectivity index (χ0n) is 22.4. The molecule has 0 spiro atoms. The summed E-state index contributed by atoms with van der Waals surface area (Å²) in [6, 6.07) is 18.8. The number of nitrogens with zero attached hydrogens (tertiary/aromatic N) is 5. The fraction of sp³-hybridized carbons (Fsp3) is 0.345. The quantitative estimate of drug-likeness (QED) is 0.129. The number of nitro groups is 1. The molecule has 0 saturated carbocycles. The standard InChI is InChI=1S/C29H29ClN6O5/c1-34-21-10-11-23(34)26(22(16-21)18-4-6-19(30)7-5-18)29(37)40-15-14-17-2-8-20(9-3-17)35(31)24-12-13-25(36(38)39)28-27(24)32-41-33-28/h2-9,12-13,21-23,26H,10-11,14-16,31H2,1H3/t21-,22-,23?,26?/m1/s1. The molecular weight excluding hydrogens is 548 g/mol. The Labute approximate surface area is 240 Å². The van der Waals surface area contributed by atoms with Crippen LogP contribution in [0.3, 0.4) is 0 Å². The van der Waals surface area contributed by atoms with Gasteiger partial charge in [-0.2, -0.15) is 0 Å². The molecule has 2 bridgehead atoms. The number of fused-ring (bicyclic) bond motifs is 3. The first-order chi connectivity index (χ1) is 19.8. The van der Waals surface area contributed by atoms with Crippen molar-refractivity contribution in [2.75, 3.05) is 18.7 Å². The van der Waals surface area contributed by atoms with Crippen molar-refractivity contribution in [3.8, 4) is 0 Å². The third-order valence-corrected chi connectivity index (χ3v) is 8.77. The normalized spacial score (nSPS) is 22.1. The number of carbonyl (C=O) groups excluding carboxylic acids is 1. The summed E-state index contributed by atoms with van der Waals surface area (Å²) in [6.45, 7) is 0.266. The Hall–Kier alpha value is -4.06. The largest absolute Gasteiger partial charge is 0.465 e. The van der Waals surface area contributed by atoms with Crippen LogP contribution < -0.4 is 10.9 Å². The van der Waals surface area contributed by atoms with E-state index in [9.17, 15) is 14.9 Å². The van der Waals surface area contributed by atoms with E-state index in [0.29, 0.717) is 28.9 Å². The summed E-state index contributed by atoms with van der Waals surface area (Å²) in [5.74, 6) is 6.05. The summed E-state index contributed by atoms with van der Waals surface area (Å²) in [6.07, 6.45) is 3.57. The molecule has 4 atom stereocenters. The molecule has 11 nitrogen and oxygen atoms in total. The monoisotopic (exact) mass is 576 g/mol. The predicted octanol–water partition coefficient (Wildman–Crippen LogP) is 5.15. The van der Waals surface area contributed by atoms with Crippen LogP contribution >= 0.6 is 11.6 Å². The van der Waals surface area contributed by atoms with Gasteiger partial charge in [-0.25, -0.2) is 10.5 Å². The molecule has 12 heteroatoms. The molecule has 1 aromatic heterocycles. The molecule has 212 valence electrons. The third-order valence-electron chi connectivity index (χ3n) is 8.52. The maximum Gasteiger partial charge on any atom is 0.311 e. The van der Waals surface area contributed by atoms with E-state index in [4.69, 9.17) is 26.8 Å². The molecule has 41 heavy (non-hydrogen) atoms. The van der Waals surface area contributed by atoms with Crippen LogP contribution in [0.5, 0.6) is 0 Å². The highest BCUT2D eigenvalue weighted by molar-refractivity contribution is 6.30. The fourth-order valence-electron chi connectivity index (χ4n) is 6.35. The molecule has 3 heterocycles. The van der Waals surface area contributed by atoms with Crippen molar-refractivity contribution < 1.29 is 19.1 Å². The van der Waals surface area contributed by atoms with E-state index in [2.05, 4.69) is 22.3 Å². The zero-order chi connectivity index (χ0) is 28.7. The SMILES string of the molecule is CN1C2CC[C@@H]1C[C@H](c1ccc(Cl)cc1)C2C(=O)OCCc1ccc(N(N)c2ccc([N+](=O)[O-])c3nonc23)cc1. The van der Waals surface area contributed by atoms with Crippen molar-refractivity contribution in [1.29, 1.82) is 0 Å². The first-order valence-corrected chi connectivity index (χ1v) is 13.9. The lowest BCUT2D eigenvalue weighted by molar-refractivity contribution is -0.383. The summed E-state index contributed by atoms with van der Waals surface area (Å²) >= 11 is 6.12. The summed E-state index contributed by atoms with van der Waals surface area (Å²) in [7, 11) is 2.11. The van der Waals surface area contributed by atoms with Crippen LogP contribution in [-0.2, 0) is 16.0 Å². The van der Waals surface area contributed by atoms with E-state index in [0.717, 1.165) is 30.4 Å². The second-order valence-electron chi connectivity index (χ2n) is 10.7. The van der Waals surface area contributed by atoms with Gasteiger partial charge in [0.15, 0.2) is 5.52 Å². The third kappa shape index (κ3) is 5.12. The number of aromatic nitrogens is 2. The Morgan fingerprint density at radius 2 is 1.85 bits per heavy atom. The van der Waals surface area contributed by atoms with Gasteiger partial charge in [0.2, 0.25) is 5.52 Å². The second-order valence-corrected chi connectivity index (χ2v) is 11.1. The topological polar surface area (TPSA) is 141 Å². The number of hydrogen-bond acceptors (Lipinski definition) is 10. The minimum absolute atomic E-state index is 0.0250.